The molecule has 92 valence electrons. The molecule has 3 rings (SSSR count). The molecule has 1 saturated carbocycles. The summed E-state index contributed by atoms with van der Waals surface area (Å²) < 4.78 is 2.14. The summed E-state index contributed by atoms with van der Waals surface area (Å²) in [5.41, 5.74) is 1.72. The van der Waals surface area contributed by atoms with E-state index >= 15 is 0 Å². The second-order valence-electron chi connectivity index (χ2n) is 5.24. The van der Waals surface area contributed by atoms with Gasteiger partial charge in [-0.15, -0.1) is 11.3 Å². The van der Waals surface area contributed by atoms with Crippen molar-refractivity contribution in [1.82, 2.24) is 14.7 Å². The average molecular weight is 249 g/mol. The first-order valence-corrected chi connectivity index (χ1v) is 7.25. The molecule has 0 bridgehead atoms. The van der Waals surface area contributed by atoms with E-state index in [-0.39, 0.29) is 0 Å². The molecule has 1 aliphatic rings. The lowest BCUT2D eigenvalue weighted by molar-refractivity contribution is 0.283. The highest BCUT2D eigenvalue weighted by Crippen LogP contribution is 2.40. The molecule has 1 fully saturated rings. The summed E-state index contributed by atoms with van der Waals surface area (Å²) in [6.45, 7) is 1.12. The van der Waals surface area contributed by atoms with Gasteiger partial charge in [-0.1, -0.05) is 12.8 Å². The number of hydrogen-bond donors (Lipinski definition) is 1. The number of thiazole rings is 1. The van der Waals surface area contributed by atoms with Gasteiger partial charge in [-0.2, -0.15) is 0 Å². The van der Waals surface area contributed by atoms with Crippen molar-refractivity contribution in [2.24, 2.45) is 5.41 Å². The molecule has 0 unspecified atom stereocenters. The maximum atomic E-state index is 4.72. The number of nitrogens with zero attached hydrogens (tertiary/aromatic N) is 2. The molecule has 4 heteroatoms. The topological polar surface area (TPSA) is 29.3 Å². The lowest BCUT2D eigenvalue weighted by Crippen LogP contribution is -2.32. The molecular weight excluding hydrogens is 230 g/mol. The van der Waals surface area contributed by atoms with E-state index in [1.807, 2.05) is 0 Å². The van der Waals surface area contributed by atoms with E-state index in [9.17, 15) is 0 Å². The van der Waals surface area contributed by atoms with Crippen molar-refractivity contribution < 1.29 is 0 Å². The molecule has 2 aromatic heterocycles. The monoisotopic (exact) mass is 249 g/mol. The van der Waals surface area contributed by atoms with Gasteiger partial charge >= 0.3 is 0 Å². The molecule has 17 heavy (non-hydrogen) atoms. The van der Waals surface area contributed by atoms with Gasteiger partial charge in [0.25, 0.3) is 0 Å². The lowest BCUT2D eigenvalue weighted by Gasteiger charge is -2.27. The largest absolute Gasteiger partial charge is 0.319 e. The Labute approximate surface area is 106 Å². The number of hydrogen-bond acceptors (Lipinski definition) is 3. The molecule has 0 amide bonds. The van der Waals surface area contributed by atoms with E-state index in [1.54, 1.807) is 11.3 Å². The Morgan fingerprint density at radius 1 is 1.47 bits per heavy atom. The van der Waals surface area contributed by atoms with E-state index in [1.165, 1.54) is 31.4 Å². The Morgan fingerprint density at radius 3 is 3.00 bits per heavy atom. The van der Waals surface area contributed by atoms with Gasteiger partial charge < -0.3 is 5.32 Å². The van der Waals surface area contributed by atoms with Gasteiger partial charge in [-0.3, -0.25) is 4.40 Å². The minimum absolute atomic E-state index is 0.457. The summed E-state index contributed by atoms with van der Waals surface area (Å²) in [6.07, 6.45) is 10.9. The van der Waals surface area contributed by atoms with Crippen molar-refractivity contribution in [3.8, 4) is 0 Å². The first-order valence-electron chi connectivity index (χ1n) is 6.37. The Hall–Kier alpha value is -0.870. The standard InChI is InChI=1S/C13H19N3S/c1-14-10-13(4-2-3-5-13)8-11-9-16-6-7-17-12(16)15-11/h6-7,9,14H,2-5,8,10H2,1H3. The first-order chi connectivity index (χ1) is 8.31. The highest BCUT2D eigenvalue weighted by Gasteiger charge is 2.34. The van der Waals surface area contributed by atoms with Crippen molar-refractivity contribution in [2.45, 2.75) is 32.1 Å². The quantitative estimate of drug-likeness (QED) is 0.902. The Bertz CT molecular complexity index is 465. The number of imidazole rings is 1. The van der Waals surface area contributed by atoms with Crippen LogP contribution in [0.3, 0.4) is 0 Å². The third kappa shape index (κ3) is 2.11. The van der Waals surface area contributed by atoms with Gasteiger partial charge in [-0.05, 0) is 31.7 Å². The summed E-state index contributed by atoms with van der Waals surface area (Å²) in [6, 6.07) is 0. The molecular formula is C13H19N3S. The zero-order chi connectivity index (χ0) is 11.7. The van der Waals surface area contributed by atoms with Gasteiger partial charge in [0.2, 0.25) is 0 Å². The molecule has 2 aromatic rings. The van der Waals surface area contributed by atoms with Crippen molar-refractivity contribution in [1.29, 1.82) is 0 Å². The first kappa shape index (κ1) is 11.2. The van der Waals surface area contributed by atoms with Crippen LogP contribution in [0, 0.1) is 5.41 Å². The van der Waals surface area contributed by atoms with Gasteiger partial charge in [0, 0.05) is 24.3 Å². The lowest BCUT2D eigenvalue weighted by atomic mass is 9.81. The Balaban J connectivity index is 1.82. The van der Waals surface area contributed by atoms with E-state index in [0.29, 0.717) is 5.41 Å². The highest BCUT2D eigenvalue weighted by molar-refractivity contribution is 7.15. The highest BCUT2D eigenvalue weighted by atomic mass is 32.1. The second kappa shape index (κ2) is 4.42. The molecule has 2 heterocycles. The fourth-order valence-corrected chi connectivity index (χ4v) is 3.88. The van der Waals surface area contributed by atoms with E-state index < -0.39 is 0 Å². The van der Waals surface area contributed by atoms with Crippen molar-refractivity contribution in [3.63, 3.8) is 0 Å². The van der Waals surface area contributed by atoms with Crippen molar-refractivity contribution in [2.75, 3.05) is 13.6 Å². The predicted molar refractivity (Wildman–Crippen MR) is 71.6 cm³/mol. The molecule has 0 spiro atoms. The van der Waals surface area contributed by atoms with Crippen LogP contribution < -0.4 is 5.32 Å². The van der Waals surface area contributed by atoms with Gasteiger partial charge in [-0.25, -0.2) is 4.98 Å². The van der Waals surface area contributed by atoms with Crippen LogP contribution in [0.4, 0.5) is 0 Å². The van der Waals surface area contributed by atoms with Crippen LogP contribution in [-0.4, -0.2) is 23.0 Å². The SMILES string of the molecule is CNCC1(Cc2cn3ccsc3n2)CCCC1. The van der Waals surface area contributed by atoms with Crippen LogP contribution in [0.1, 0.15) is 31.4 Å². The fraction of sp³-hybridized carbons (Fsp3) is 0.615. The molecule has 0 aromatic carbocycles. The smallest absolute Gasteiger partial charge is 0.193 e. The summed E-state index contributed by atoms with van der Waals surface area (Å²) in [5.74, 6) is 0. The number of rotatable bonds is 4. The summed E-state index contributed by atoms with van der Waals surface area (Å²) in [5, 5.41) is 5.45. The van der Waals surface area contributed by atoms with E-state index in [2.05, 4.69) is 34.5 Å². The zero-order valence-corrected chi connectivity index (χ0v) is 11.1. The normalized spacial score (nSPS) is 19.1. The molecule has 0 atom stereocenters. The fourth-order valence-electron chi connectivity index (χ4n) is 3.16. The maximum absolute atomic E-state index is 4.72. The predicted octanol–water partition coefficient (Wildman–Crippen LogP) is 2.72. The molecule has 3 nitrogen and oxygen atoms in total. The Kier molecular flexibility index (Phi) is 2.92. The third-order valence-corrected chi connectivity index (χ3v) is 4.69. The molecule has 0 saturated heterocycles. The minimum Gasteiger partial charge on any atom is -0.319 e. The molecule has 1 aliphatic carbocycles. The van der Waals surface area contributed by atoms with Crippen LogP contribution in [0.5, 0.6) is 0 Å². The number of nitrogens with one attached hydrogen (secondary N) is 1. The van der Waals surface area contributed by atoms with Crippen LogP contribution in [0.2, 0.25) is 0 Å². The molecule has 0 radical (unpaired) electrons. The minimum atomic E-state index is 0.457. The van der Waals surface area contributed by atoms with Crippen LogP contribution >= 0.6 is 11.3 Å². The maximum Gasteiger partial charge on any atom is 0.193 e. The van der Waals surface area contributed by atoms with Crippen LogP contribution in [0.15, 0.2) is 17.8 Å². The second-order valence-corrected chi connectivity index (χ2v) is 6.11. The van der Waals surface area contributed by atoms with Gasteiger partial charge in [0.05, 0.1) is 5.69 Å². The molecule has 0 aliphatic heterocycles. The summed E-state index contributed by atoms with van der Waals surface area (Å²) >= 11 is 1.71. The van der Waals surface area contributed by atoms with Crippen LogP contribution in [0.25, 0.3) is 4.96 Å². The number of aromatic nitrogens is 2. The average Bonchev–Trinajstić information content (AvgIpc) is 2.94. The van der Waals surface area contributed by atoms with E-state index in [4.69, 9.17) is 4.98 Å². The third-order valence-electron chi connectivity index (χ3n) is 3.92. The Morgan fingerprint density at radius 2 is 2.29 bits per heavy atom. The van der Waals surface area contributed by atoms with Gasteiger partial charge in [0.1, 0.15) is 0 Å². The number of fused-ring (bicyclic) bond motifs is 1. The molecule has 1 N–H and O–H groups in total. The van der Waals surface area contributed by atoms with Crippen molar-refractivity contribution >= 4 is 16.3 Å². The summed E-state index contributed by atoms with van der Waals surface area (Å²) in [7, 11) is 2.06. The van der Waals surface area contributed by atoms with E-state index in [0.717, 1.165) is 17.9 Å². The summed E-state index contributed by atoms with van der Waals surface area (Å²) in [4.78, 5) is 5.84. The van der Waals surface area contributed by atoms with Crippen LogP contribution in [-0.2, 0) is 6.42 Å². The van der Waals surface area contributed by atoms with Gasteiger partial charge in [0.15, 0.2) is 4.96 Å². The zero-order valence-electron chi connectivity index (χ0n) is 10.3. The van der Waals surface area contributed by atoms with Crippen molar-refractivity contribution in [3.05, 3.63) is 23.5 Å².